The Morgan fingerprint density at radius 1 is 1.80 bits per heavy atom. The van der Waals surface area contributed by atoms with Crippen molar-refractivity contribution < 1.29 is 0 Å². The van der Waals surface area contributed by atoms with E-state index in [0.29, 0.717) is 5.88 Å². The van der Waals surface area contributed by atoms with E-state index in [1.807, 2.05) is 6.26 Å². The van der Waals surface area contributed by atoms with E-state index in [9.17, 15) is 0 Å². The number of thioether (sulfide) groups is 1. The molecule has 0 amide bonds. The Morgan fingerprint density at radius 2 is 2.40 bits per heavy atom. The predicted molar refractivity (Wildman–Crippen MR) is 55.8 cm³/mol. The molecule has 0 heterocycles. The largest absolute Gasteiger partial charge is 0.196 e. The van der Waals surface area contributed by atoms with Crippen LogP contribution in [0.5, 0.6) is 0 Å². The van der Waals surface area contributed by atoms with E-state index >= 15 is 0 Å². The van der Waals surface area contributed by atoms with E-state index < -0.39 is 0 Å². The number of rotatable bonds is 4. The molecule has 0 aromatic rings. The lowest BCUT2D eigenvalue weighted by molar-refractivity contribution is 0.825. The maximum Gasteiger partial charge on any atom is 0.153 e. The molecule has 0 aromatic carbocycles. The van der Waals surface area contributed by atoms with E-state index in [0.717, 1.165) is 12.8 Å². The van der Waals surface area contributed by atoms with Crippen LogP contribution in [0.25, 0.3) is 0 Å². The minimum Gasteiger partial charge on any atom is -0.196 e. The Balaban J connectivity index is 3.72. The highest BCUT2D eigenvalue weighted by molar-refractivity contribution is 14.1. The number of nitriles is 1. The lowest BCUT2D eigenvalue weighted by atomic mass is 10.3. The highest BCUT2D eigenvalue weighted by Crippen LogP contribution is 2.34. The molecule has 58 valence electrons. The van der Waals surface area contributed by atoms with Gasteiger partial charge in [-0.15, -0.1) is 23.4 Å². The van der Waals surface area contributed by atoms with Gasteiger partial charge in [0.2, 0.25) is 0 Å². The number of nitrogens with zero attached hydrogens (tertiary/aromatic N) is 1. The van der Waals surface area contributed by atoms with Crippen LogP contribution in [0.15, 0.2) is 0 Å². The van der Waals surface area contributed by atoms with Crippen LogP contribution in [0.4, 0.5) is 0 Å². The van der Waals surface area contributed by atoms with E-state index in [4.69, 9.17) is 16.9 Å². The molecule has 0 aliphatic heterocycles. The standard InChI is InChI=1S/C6H9ClINS/c1-10-6(8,5-9)3-2-4-7/h2-4H2,1H3. The molecule has 0 rings (SSSR count). The summed E-state index contributed by atoms with van der Waals surface area (Å²) < 4.78 is -0.257. The first kappa shape index (κ1) is 10.9. The molecule has 0 radical (unpaired) electrons. The van der Waals surface area contributed by atoms with Crippen molar-refractivity contribution in [3.63, 3.8) is 0 Å². The van der Waals surface area contributed by atoms with Crippen LogP contribution in [-0.4, -0.2) is 14.9 Å². The normalized spacial score (nSPS) is 15.8. The van der Waals surface area contributed by atoms with Gasteiger partial charge >= 0.3 is 0 Å². The number of halogens is 2. The fraction of sp³-hybridized carbons (Fsp3) is 0.833. The van der Waals surface area contributed by atoms with Crippen molar-refractivity contribution in [2.45, 2.75) is 15.6 Å². The van der Waals surface area contributed by atoms with Gasteiger partial charge in [-0.2, -0.15) is 5.26 Å². The third-order valence-electron chi connectivity index (χ3n) is 1.12. The Kier molecular flexibility index (Phi) is 5.98. The van der Waals surface area contributed by atoms with Crippen molar-refractivity contribution in [3.05, 3.63) is 0 Å². The van der Waals surface area contributed by atoms with E-state index in [1.54, 1.807) is 11.8 Å². The second-order valence-corrected chi connectivity index (χ2v) is 5.89. The van der Waals surface area contributed by atoms with Gasteiger partial charge in [-0.1, -0.05) is 0 Å². The first-order valence-electron chi connectivity index (χ1n) is 2.90. The SMILES string of the molecule is CSC(I)(C#N)CCCCl. The zero-order valence-electron chi connectivity index (χ0n) is 5.73. The summed E-state index contributed by atoms with van der Waals surface area (Å²) in [7, 11) is 0. The van der Waals surface area contributed by atoms with Gasteiger partial charge in [0.15, 0.2) is 2.75 Å². The summed E-state index contributed by atoms with van der Waals surface area (Å²) in [6.07, 6.45) is 3.73. The molecule has 0 aliphatic carbocycles. The smallest absolute Gasteiger partial charge is 0.153 e. The molecule has 1 atom stereocenters. The van der Waals surface area contributed by atoms with Gasteiger partial charge in [0.05, 0.1) is 6.07 Å². The van der Waals surface area contributed by atoms with Gasteiger partial charge in [-0.3, -0.25) is 0 Å². The second-order valence-electron chi connectivity index (χ2n) is 1.84. The fourth-order valence-corrected chi connectivity index (χ4v) is 1.45. The minimum absolute atomic E-state index is 0.257. The molecule has 1 nitrogen and oxygen atoms in total. The van der Waals surface area contributed by atoms with Crippen LogP contribution in [-0.2, 0) is 0 Å². The molecule has 0 saturated carbocycles. The molecular formula is C6H9ClINS. The predicted octanol–water partition coefficient (Wildman–Crippen LogP) is 3.02. The Labute approximate surface area is 84.6 Å². The van der Waals surface area contributed by atoms with Crippen LogP contribution >= 0.6 is 46.0 Å². The molecule has 0 bridgehead atoms. The molecule has 10 heavy (non-hydrogen) atoms. The Hall–Kier alpha value is 0.860. The Bertz CT molecular complexity index is 136. The van der Waals surface area contributed by atoms with Crippen LogP contribution < -0.4 is 0 Å². The van der Waals surface area contributed by atoms with Crippen LogP contribution in [0, 0.1) is 11.3 Å². The fourth-order valence-electron chi connectivity index (χ4n) is 0.498. The van der Waals surface area contributed by atoms with E-state index in [1.165, 1.54) is 0 Å². The summed E-state index contributed by atoms with van der Waals surface area (Å²) in [6, 6.07) is 2.25. The molecule has 0 aliphatic rings. The van der Waals surface area contributed by atoms with Crippen molar-refractivity contribution in [2.24, 2.45) is 0 Å². The monoisotopic (exact) mass is 289 g/mol. The summed E-state index contributed by atoms with van der Waals surface area (Å²) in [6.45, 7) is 0. The van der Waals surface area contributed by atoms with Gasteiger partial charge in [0.1, 0.15) is 0 Å². The van der Waals surface area contributed by atoms with Crippen LogP contribution in [0.1, 0.15) is 12.8 Å². The number of hydrogen-bond acceptors (Lipinski definition) is 2. The molecule has 0 N–H and O–H groups in total. The van der Waals surface area contributed by atoms with Crippen LogP contribution in [0.3, 0.4) is 0 Å². The Morgan fingerprint density at radius 3 is 2.70 bits per heavy atom. The average Bonchev–Trinajstić information content (AvgIpc) is 2.00. The summed E-state index contributed by atoms with van der Waals surface area (Å²) >= 11 is 9.25. The molecule has 4 heteroatoms. The van der Waals surface area contributed by atoms with Gasteiger partial charge in [0, 0.05) is 5.88 Å². The molecule has 0 fully saturated rings. The third-order valence-corrected chi connectivity index (χ3v) is 4.43. The lowest BCUT2D eigenvalue weighted by Gasteiger charge is -2.14. The second kappa shape index (κ2) is 5.50. The van der Waals surface area contributed by atoms with Crippen molar-refractivity contribution in [1.82, 2.24) is 0 Å². The van der Waals surface area contributed by atoms with E-state index in [-0.39, 0.29) is 2.75 Å². The molecular weight excluding hydrogens is 280 g/mol. The van der Waals surface area contributed by atoms with Crippen molar-refractivity contribution in [2.75, 3.05) is 12.1 Å². The molecule has 0 aromatic heterocycles. The topological polar surface area (TPSA) is 23.8 Å². The van der Waals surface area contributed by atoms with Gasteiger partial charge < -0.3 is 0 Å². The lowest BCUT2D eigenvalue weighted by Crippen LogP contribution is -2.11. The number of hydrogen-bond donors (Lipinski definition) is 0. The maximum atomic E-state index is 8.69. The first-order valence-corrected chi connectivity index (χ1v) is 5.73. The van der Waals surface area contributed by atoms with Crippen molar-refractivity contribution in [3.8, 4) is 6.07 Å². The van der Waals surface area contributed by atoms with Crippen LogP contribution in [0.2, 0.25) is 0 Å². The zero-order chi connectivity index (χ0) is 8.04. The van der Waals surface area contributed by atoms with Gasteiger partial charge in [0.25, 0.3) is 0 Å². The summed E-state index contributed by atoms with van der Waals surface area (Å²) in [4.78, 5) is 0. The highest BCUT2D eigenvalue weighted by atomic mass is 127. The van der Waals surface area contributed by atoms with E-state index in [2.05, 4.69) is 28.7 Å². The molecule has 0 saturated heterocycles. The third kappa shape index (κ3) is 3.89. The quantitative estimate of drug-likeness (QED) is 0.587. The van der Waals surface area contributed by atoms with Gasteiger partial charge in [-0.05, 0) is 41.7 Å². The summed E-state index contributed by atoms with van der Waals surface area (Å²) in [5, 5.41) is 8.69. The van der Waals surface area contributed by atoms with Gasteiger partial charge in [-0.25, -0.2) is 0 Å². The minimum atomic E-state index is -0.257. The maximum absolute atomic E-state index is 8.69. The number of alkyl halides is 2. The summed E-state index contributed by atoms with van der Waals surface area (Å²) in [5.74, 6) is 0.646. The van der Waals surface area contributed by atoms with Crippen molar-refractivity contribution >= 4 is 46.0 Å². The molecule has 1 unspecified atom stereocenters. The summed E-state index contributed by atoms with van der Waals surface area (Å²) in [5.41, 5.74) is 0. The zero-order valence-corrected chi connectivity index (χ0v) is 9.46. The highest BCUT2D eigenvalue weighted by Gasteiger charge is 2.23. The van der Waals surface area contributed by atoms with Crippen molar-refractivity contribution in [1.29, 1.82) is 5.26 Å². The first-order chi connectivity index (χ1) is 4.68. The molecule has 0 spiro atoms. The average molecular weight is 290 g/mol.